The number of carbonyl (C=O) groups is 1. The maximum Gasteiger partial charge on any atom is 0.311 e. The minimum absolute atomic E-state index is 0.115. The van der Waals surface area contributed by atoms with Crippen LogP contribution >= 0.6 is 11.6 Å². The van der Waals surface area contributed by atoms with E-state index in [1.807, 2.05) is 6.07 Å². The molecule has 0 unspecified atom stereocenters. The number of ether oxygens (including phenoxy) is 1. The Balaban J connectivity index is 2.22. The van der Waals surface area contributed by atoms with Gasteiger partial charge in [0.25, 0.3) is 5.91 Å². The molecule has 7 heteroatoms. The molecule has 0 radical (unpaired) electrons. The van der Waals surface area contributed by atoms with E-state index in [-0.39, 0.29) is 22.9 Å². The van der Waals surface area contributed by atoms with E-state index in [1.54, 1.807) is 25.2 Å². The third kappa shape index (κ3) is 3.98. The molecule has 0 N–H and O–H groups in total. The first kappa shape index (κ1) is 16.8. The van der Waals surface area contributed by atoms with Crippen LogP contribution < -0.4 is 4.74 Å². The van der Waals surface area contributed by atoms with Gasteiger partial charge in [-0.3, -0.25) is 14.9 Å². The molecule has 0 aliphatic rings. The number of amides is 1. The molecule has 0 aliphatic carbocycles. The molecule has 1 amide bonds. The first-order valence-corrected chi connectivity index (χ1v) is 7.12. The van der Waals surface area contributed by atoms with Gasteiger partial charge in [0.05, 0.1) is 12.0 Å². The van der Waals surface area contributed by atoms with Crippen molar-refractivity contribution in [3.8, 4) is 5.75 Å². The monoisotopic (exact) mass is 334 g/mol. The molecule has 0 aliphatic heterocycles. The summed E-state index contributed by atoms with van der Waals surface area (Å²) >= 11 is 5.92. The second-order valence-corrected chi connectivity index (χ2v) is 5.37. The van der Waals surface area contributed by atoms with Crippen LogP contribution in [0.15, 0.2) is 42.5 Å². The summed E-state index contributed by atoms with van der Waals surface area (Å²) in [4.78, 5) is 24.4. The average Bonchev–Trinajstić information content (AvgIpc) is 2.53. The summed E-state index contributed by atoms with van der Waals surface area (Å²) < 4.78 is 4.93. The number of halogens is 1. The predicted molar refractivity (Wildman–Crippen MR) is 86.9 cm³/mol. The number of carbonyl (C=O) groups excluding carboxylic acids is 1. The van der Waals surface area contributed by atoms with Crippen molar-refractivity contribution in [2.75, 3.05) is 14.2 Å². The fourth-order valence-electron chi connectivity index (χ4n) is 2.17. The van der Waals surface area contributed by atoms with Gasteiger partial charge in [-0.1, -0.05) is 23.7 Å². The average molecular weight is 335 g/mol. The van der Waals surface area contributed by atoms with Crippen molar-refractivity contribution in [3.63, 3.8) is 0 Å². The lowest BCUT2D eigenvalue weighted by atomic mass is 10.1. The Morgan fingerprint density at radius 1 is 1.30 bits per heavy atom. The number of benzene rings is 2. The number of nitrogens with zero attached hydrogens (tertiary/aromatic N) is 2. The zero-order valence-corrected chi connectivity index (χ0v) is 13.4. The van der Waals surface area contributed by atoms with E-state index < -0.39 is 4.92 Å². The van der Waals surface area contributed by atoms with E-state index in [4.69, 9.17) is 16.3 Å². The molecule has 0 bridgehead atoms. The Kier molecular flexibility index (Phi) is 5.18. The molecule has 0 saturated heterocycles. The fraction of sp³-hybridized carbons (Fsp3) is 0.188. The number of nitro benzene ring substituents is 1. The number of hydrogen-bond acceptors (Lipinski definition) is 4. The van der Waals surface area contributed by atoms with E-state index in [1.165, 1.54) is 30.2 Å². The number of hydrogen-bond donors (Lipinski definition) is 0. The third-order valence-corrected chi connectivity index (χ3v) is 3.51. The minimum atomic E-state index is -0.577. The van der Waals surface area contributed by atoms with Gasteiger partial charge in [-0.2, -0.15) is 0 Å². The number of nitro groups is 1. The highest BCUT2D eigenvalue weighted by Crippen LogP contribution is 2.28. The summed E-state index contributed by atoms with van der Waals surface area (Å²) in [5.41, 5.74) is 0.855. The largest absolute Gasteiger partial charge is 0.490 e. The fourth-order valence-corrected chi connectivity index (χ4v) is 2.38. The van der Waals surface area contributed by atoms with Gasteiger partial charge in [-0.25, -0.2) is 0 Å². The van der Waals surface area contributed by atoms with Crippen molar-refractivity contribution in [3.05, 3.63) is 68.7 Å². The second-order valence-electron chi connectivity index (χ2n) is 4.93. The molecular formula is C16H15ClN2O4. The van der Waals surface area contributed by atoms with Gasteiger partial charge in [0, 0.05) is 30.2 Å². The molecule has 2 rings (SSSR count). The van der Waals surface area contributed by atoms with Crippen molar-refractivity contribution in [2.24, 2.45) is 0 Å². The molecule has 23 heavy (non-hydrogen) atoms. The molecule has 0 spiro atoms. The molecule has 6 nitrogen and oxygen atoms in total. The first-order chi connectivity index (χ1) is 10.9. The summed E-state index contributed by atoms with van der Waals surface area (Å²) in [6, 6.07) is 11.3. The highest BCUT2D eigenvalue weighted by Gasteiger charge is 2.20. The summed E-state index contributed by atoms with van der Waals surface area (Å²) in [5.74, 6) is -0.209. The Bertz CT molecular complexity index is 749. The maximum atomic E-state index is 12.4. The highest BCUT2D eigenvalue weighted by atomic mass is 35.5. The zero-order chi connectivity index (χ0) is 17.0. The lowest BCUT2D eigenvalue weighted by Crippen LogP contribution is -2.26. The molecule has 2 aromatic carbocycles. The van der Waals surface area contributed by atoms with Crippen LogP contribution in [0.5, 0.6) is 5.75 Å². The van der Waals surface area contributed by atoms with Gasteiger partial charge in [-0.15, -0.1) is 0 Å². The lowest BCUT2D eigenvalue weighted by Gasteiger charge is -2.17. The van der Waals surface area contributed by atoms with Crippen LogP contribution in [0.1, 0.15) is 15.9 Å². The summed E-state index contributed by atoms with van der Waals surface area (Å²) in [5, 5.41) is 11.6. The van der Waals surface area contributed by atoms with Crippen LogP contribution in [0.2, 0.25) is 5.02 Å². The summed E-state index contributed by atoms with van der Waals surface area (Å²) in [6.07, 6.45) is 0. The van der Waals surface area contributed by atoms with E-state index in [0.717, 1.165) is 5.56 Å². The molecule has 0 heterocycles. The summed E-state index contributed by atoms with van der Waals surface area (Å²) in [6.45, 7) is 0.346. The molecule has 0 fully saturated rings. The molecule has 0 atom stereocenters. The maximum absolute atomic E-state index is 12.4. The first-order valence-electron chi connectivity index (χ1n) is 6.74. The van der Waals surface area contributed by atoms with Crippen LogP contribution in [0, 0.1) is 10.1 Å². The highest BCUT2D eigenvalue weighted by molar-refractivity contribution is 6.30. The predicted octanol–water partition coefficient (Wildman–Crippen LogP) is 3.53. The van der Waals surface area contributed by atoms with Crippen molar-refractivity contribution in [1.29, 1.82) is 0 Å². The van der Waals surface area contributed by atoms with E-state index in [0.29, 0.717) is 11.6 Å². The Hall–Kier alpha value is -2.60. The normalized spacial score (nSPS) is 10.2. The number of rotatable bonds is 5. The van der Waals surface area contributed by atoms with Crippen LogP contribution in [0.4, 0.5) is 5.69 Å². The van der Waals surface area contributed by atoms with Gasteiger partial charge in [0.1, 0.15) is 0 Å². The van der Waals surface area contributed by atoms with Crippen LogP contribution in [0.3, 0.4) is 0 Å². The van der Waals surface area contributed by atoms with Gasteiger partial charge in [0.2, 0.25) is 0 Å². The van der Waals surface area contributed by atoms with Gasteiger partial charge in [0.15, 0.2) is 5.75 Å². The van der Waals surface area contributed by atoms with Gasteiger partial charge in [-0.05, 0) is 29.8 Å². The van der Waals surface area contributed by atoms with E-state index in [2.05, 4.69) is 0 Å². The lowest BCUT2D eigenvalue weighted by molar-refractivity contribution is -0.385. The minimum Gasteiger partial charge on any atom is -0.490 e. The SMILES string of the molecule is COc1ccc(C(=O)N(C)Cc2cccc(Cl)c2)cc1[N+](=O)[O-]. The molecule has 2 aromatic rings. The third-order valence-electron chi connectivity index (χ3n) is 3.28. The van der Waals surface area contributed by atoms with Crippen molar-refractivity contribution >= 4 is 23.2 Å². The molecule has 0 saturated carbocycles. The quantitative estimate of drug-likeness (QED) is 0.619. The van der Waals surface area contributed by atoms with Crippen LogP contribution in [-0.4, -0.2) is 29.9 Å². The van der Waals surface area contributed by atoms with Crippen LogP contribution in [0.25, 0.3) is 0 Å². The van der Waals surface area contributed by atoms with Crippen molar-refractivity contribution in [2.45, 2.75) is 6.54 Å². The standard InChI is InChI=1S/C16H15ClN2O4/c1-18(10-11-4-3-5-13(17)8-11)16(20)12-6-7-15(23-2)14(9-12)19(21)22/h3-9H,10H2,1-2H3. The van der Waals surface area contributed by atoms with E-state index in [9.17, 15) is 14.9 Å². The molecule has 0 aromatic heterocycles. The Morgan fingerprint density at radius 2 is 2.04 bits per heavy atom. The van der Waals surface area contributed by atoms with Gasteiger partial charge < -0.3 is 9.64 Å². The second kappa shape index (κ2) is 7.11. The summed E-state index contributed by atoms with van der Waals surface area (Å²) in [7, 11) is 2.97. The Labute approximate surface area is 138 Å². The smallest absolute Gasteiger partial charge is 0.311 e. The van der Waals surface area contributed by atoms with Crippen LogP contribution in [-0.2, 0) is 6.54 Å². The van der Waals surface area contributed by atoms with Crippen molar-refractivity contribution < 1.29 is 14.5 Å². The topological polar surface area (TPSA) is 72.7 Å². The van der Waals surface area contributed by atoms with Crippen molar-refractivity contribution in [1.82, 2.24) is 4.90 Å². The number of methoxy groups -OCH3 is 1. The Morgan fingerprint density at radius 3 is 2.65 bits per heavy atom. The molecule has 120 valence electrons. The van der Waals surface area contributed by atoms with E-state index >= 15 is 0 Å². The van der Waals surface area contributed by atoms with Gasteiger partial charge >= 0.3 is 5.69 Å². The molecular weight excluding hydrogens is 320 g/mol. The zero-order valence-electron chi connectivity index (χ0n) is 12.7.